The zero-order valence-corrected chi connectivity index (χ0v) is 12.0. The molecule has 0 aliphatic rings. The fourth-order valence-corrected chi connectivity index (χ4v) is 2.46. The number of aromatic amines is 1. The minimum absolute atomic E-state index is 0.0952. The lowest BCUT2D eigenvalue weighted by atomic mass is 9.98. The minimum atomic E-state index is -0.341. The number of aromatic nitrogens is 1. The predicted molar refractivity (Wildman–Crippen MR) is 82.2 cm³/mol. The van der Waals surface area contributed by atoms with Crippen LogP contribution in [0.25, 0.3) is 10.9 Å². The summed E-state index contributed by atoms with van der Waals surface area (Å²) < 4.78 is 13.4. The van der Waals surface area contributed by atoms with E-state index in [9.17, 15) is 9.18 Å². The molecule has 1 aromatic heterocycles. The average molecular weight is 281 g/mol. The van der Waals surface area contributed by atoms with Gasteiger partial charge in [0.15, 0.2) is 5.78 Å². The highest BCUT2D eigenvalue weighted by Crippen LogP contribution is 2.23. The third-order valence-corrected chi connectivity index (χ3v) is 3.73. The lowest BCUT2D eigenvalue weighted by molar-refractivity contribution is 0.104. The molecule has 3 heteroatoms. The van der Waals surface area contributed by atoms with Crippen molar-refractivity contribution in [1.29, 1.82) is 0 Å². The van der Waals surface area contributed by atoms with Crippen molar-refractivity contribution in [2.75, 3.05) is 0 Å². The number of H-pyrrole nitrogens is 1. The van der Waals surface area contributed by atoms with Crippen LogP contribution in [-0.2, 0) is 0 Å². The molecule has 1 N–H and O–H groups in total. The van der Waals surface area contributed by atoms with Crippen molar-refractivity contribution >= 4 is 16.7 Å². The number of rotatable bonds is 3. The molecule has 0 aliphatic heterocycles. The Morgan fingerprint density at radius 2 is 1.81 bits per heavy atom. The first-order valence-corrected chi connectivity index (χ1v) is 6.97. The second-order valence-electron chi connectivity index (χ2n) is 5.50. The summed E-state index contributed by atoms with van der Waals surface area (Å²) in [5.41, 5.74) is 3.07. The molecular weight excluding hydrogens is 265 g/mol. The second kappa shape index (κ2) is 5.17. The largest absolute Gasteiger partial charge is 0.360 e. The third kappa shape index (κ3) is 2.47. The van der Waals surface area contributed by atoms with Gasteiger partial charge in [-0.15, -0.1) is 0 Å². The zero-order chi connectivity index (χ0) is 15.0. The average Bonchev–Trinajstić information content (AvgIpc) is 2.89. The number of nitrogens with one attached hydrogen (secondary N) is 1. The summed E-state index contributed by atoms with van der Waals surface area (Å²) in [5, 5.41) is 0.618. The molecule has 0 bridgehead atoms. The summed E-state index contributed by atoms with van der Waals surface area (Å²) in [6, 6.07) is 12.0. The summed E-state index contributed by atoms with van der Waals surface area (Å²) in [7, 11) is 0. The topological polar surface area (TPSA) is 32.9 Å². The van der Waals surface area contributed by atoms with Gasteiger partial charge in [0.2, 0.25) is 0 Å². The number of ketones is 1. The van der Waals surface area contributed by atoms with E-state index >= 15 is 0 Å². The van der Waals surface area contributed by atoms with E-state index in [4.69, 9.17) is 0 Å². The Labute approximate surface area is 122 Å². The summed E-state index contributed by atoms with van der Waals surface area (Å²) in [5.74, 6) is -0.00945. The van der Waals surface area contributed by atoms with Crippen molar-refractivity contribution in [2.45, 2.75) is 19.8 Å². The smallest absolute Gasteiger partial charge is 0.195 e. The summed E-state index contributed by atoms with van der Waals surface area (Å²) in [6.07, 6.45) is 1.64. The lowest BCUT2D eigenvalue weighted by Crippen LogP contribution is -2.01. The molecule has 1 heterocycles. The molecule has 0 saturated heterocycles. The van der Waals surface area contributed by atoms with Crippen LogP contribution < -0.4 is 0 Å². The van der Waals surface area contributed by atoms with Crippen molar-refractivity contribution < 1.29 is 9.18 Å². The first kappa shape index (κ1) is 13.6. The normalized spacial score (nSPS) is 11.2. The molecule has 0 radical (unpaired) electrons. The molecule has 0 spiro atoms. The zero-order valence-electron chi connectivity index (χ0n) is 12.0. The SMILES string of the molecule is CC(C)c1ccc(C(=O)c2c[nH]c3ccc(F)cc23)cc1. The molecule has 0 atom stereocenters. The molecule has 3 aromatic rings. The Morgan fingerprint density at radius 1 is 1.10 bits per heavy atom. The molecule has 2 nitrogen and oxygen atoms in total. The van der Waals surface area contributed by atoms with Crippen molar-refractivity contribution in [2.24, 2.45) is 0 Å². The third-order valence-electron chi connectivity index (χ3n) is 3.73. The Balaban J connectivity index is 2.02. The highest BCUT2D eigenvalue weighted by atomic mass is 19.1. The Bertz CT molecular complexity index is 800. The van der Waals surface area contributed by atoms with Crippen LogP contribution in [0.15, 0.2) is 48.7 Å². The number of hydrogen-bond acceptors (Lipinski definition) is 1. The van der Waals surface area contributed by atoms with Gasteiger partial charge in [-0.1, -0.05) is 38.1 Å². The van der Waals surface area contributed by atoms with Crippen LogP contribution in [0.3, 0.4) is 0 Å². The Hall–Kier alpha value is -2.42. The van der Waals surface area contributed by atoms with E-state index in [-0.39, 0.29) is 11.6 Å². The van der Waals surface area contributed by atoms with Gasteiger partial charge in [-0.3, -0.25) is 4.79 Å². The fraction of sp³-hybridized carbons (Fsp3) is 0.167. The highest BCUT2D eigenvalue weighted by molar-refractivity contribution is 6.16. The second-order valence-corrected chi connectivity index (χ2v) is 5.50. The number of benzene rings is 2. The van der Waals surface area contributed by atoms with Gasteiger partial charge < -0.3 is 4.98 Å². The maximum atomic E-state index is 13.4. The van der Waals surface area contributed by atoms with Gasteiger partial charge >= 0.3 is 0 Å². The van der Waals surface area contributed by atoms with E-state index in [1.807, 2.05) is 24.3 Å². The lowest BCUT2D eigenvalue weighted by Gasteiger charge is -2.06. The molecule has 0 aliphatic carbocycles. The van der Waals surface area contributed by atoms with Gasteiger partial charge in [0.25, 0.3) is 0 Å². The van der Waals surface area contributed by atoms with Gasteiger partial charge in [-0.25, -0.2) is 4.39 Å². The van der Waals surface area contributed by atoms with Crippen molar-refractivity contribution in [3.63, 3.8) is 0 Å². The van der Waals surface area contributed by atoms with Crippen LogP contribution in [0.2, 0.25) is 0 Å². The first-order chi connectivity index (χ1) is 10.1. The minimum Gasteiger partial charge on any atom is -0.360 e. The van der Waals surface area contributed by atoms with Crippen LogP contribution in [0.4, 0.5) is 4.39 Å². The van der Waals surface area contributed by atoms with Crippen molar-refractivity contribution in [1.82, 2.24) is 4.98 Å². The van der Waals surface area contributed by atoms with Crippen LogP contribution in [0.5, 0.6) is 0 Å². The van der Waals surface area contributed by atoms with Gasteiger partial charge in [0.05, 0.1) is 0 Å². The number of carbonyl (C=O) groups is 1. The van der Waals surface area contributed by atoms with Gasteiger partial charge in [-0.05, 0) is 29.7 Å². The quantitative estimate of drug-likeness (QED) is 0.696. The molecule has 3 rings (SSSR count). The van der Waals surface area contributed by atoms with Gasteiger partial charge in [0, 0.05) is 28.2 Å². The molecule has 106 valence electrons. The number of halogens is 1. The summed E-state index contributed by atoms with van der Waals surface area (Å²) in [4.78, 5) is 15.6. The van der Waals surface area contributed by atoms with Gasteiger partial charge in [0.1, 0.15) is 5.82 Å². The Morgan fingerprint density at radius 3 is 2.48 bits per heavy atom. The van der Waals surface area contributed by atoms with E-state index < -0.39 is 0 Å². The molecule has 2 aromatic carbocycles. The van der Waals surface area contributed by atoms with E-state index in [0.717, 1.165) is 5.52 Å². The van der Waals surface area contributed by atoms with Crippen molar-refractivity contribution in [3.05, 3.63) is 71.2 Å². The molecule has 21 heavy (non-hydrogen) atoms. The van der Waals surface area contributed by atoms with Crippen LogP contribution >= 0.6 is 0 Å². The van der Waals surface area contributed by atoms with Crippen molar-refractivity contribution in [3.8, 4) is 0 Å². The van der Waals surface area contributed by atoms with E-state index in [2.05, 4.69) is 18.8 Å². The number of fused-ring (bicyclic) bond motifs is 1. The van der Waals surface area contributed by atoms with Crippen LogP contribution in [0.1, 0.15) is 41.3 Å². The Kier molecular flexibility index (Phi) is 3.34. The molecular formula is C18H16FNO. The molecule has 0 unspecified atom stereocenters. The summed E-state index contributed by atoms with van der Waals surface area (Å²) in [6.45, 7) is 4.22. The standard InChI is InChI=1S/C18H16FNO/c1-11(2)12-3-5-13(6-4-12)18(21)16-10-20-17-8-7-14(19)9-15(16)17/h3-11,20H,1-2H3. The maximum Gasteiger partial charge on any atom is 0.195 e. The van der Waals surface area contributed by atoms with E-state index in [1.54, 1.807) is 12.3 Å². The molecule has 0 amide bonds. The van der Waals surface area contributed by atoms with Gasteiger partial charge in [-0.2, -0.15) is 0 Å². The maximum absolute atomic E-state index is 13.4. The monoisotopic (exact) mass is 281 g/mol. The van der Waals surface area contributed by atoms with Crippen LogP contribution in [0, 0.1) is 5.82 Å². The summed E-state index contributed by atoms with van der Waals surface area (Å²) >= 11 is 0. The predicted octanol–water partition coefficient (Wildman–Crippen LogP) is 4.66. The first-order valence-electron chi connectivity index (χ1n) is 6.97. The molecule has 0 fully saturated rings. The van der Waals surface area contributed by atoms with Crippen LogP contribution in [-0.4, -0.2) is 10.8 Å². The van der Waals surface area contributed by atoms with E-state index in [0.29, 0.717) is 22.4 Å². The number of hydrogen-bond donors (Lipinski definition) is 1. The van der Waals surface area contributed by atoms with E-state index in [1.165, 1.54) is 17.7 Å². The highest BCUT2D eigenvalue weighted by Gasteiger charge is 2.15. The fourth-order valence-electron chi connectivity index (χ4n) is 2.46. The molecule has 0 saturated carbocycles. The number of carbonyl (C=O) groups excluding carboxylic acids is 1.